The van der Waals surface area contributed by atoms with Crippen molar-refractivity contribution >= 4 is 41.6 Å². The monoisotopic (exact) mass is 351 g/mol. The smallest absolute Gasteiger partial charge is 0.262 e. The lowest BCUT2D eigenvalue weighted by Crippen LogP contribution is -2.31. The zero-order valence-electron chi connectivity index (χ0n) is 9.78. The number of hydrogen-bond donors (Lipinski definition) is 0. The number of amides is 1. The molecule has 7 heteroatoms. The number of benzene rings is 1. The molecule has 0 N–H and O–H groups in total. The maximum Gasteiger partial charge on any atom is 0.262 e. The third-order valence-corrected chi connectivity index (χ3v) is 4.65. The normalized spacial score (nSPS) is 15.4. The van der Waals surface area contributed by atoms with Crippen LogP contribution in [-0.2, 0) is 15.6 Å². The number of carbonyl (C=O) groups excluding carboxylic acids is 1. The summed E-state index contributed by atoms with van der Waals surface area (Å²) >= 11 is 3.23. The van der Waals surface area contributed by atoms with Crippen LogP contribution in [0.3, 0.4) is 0 Å². The van der Waals surface area contributed by atoms with Gasteiger partial charge in [0.25, 0.3) is 15.0 Å². The van der Waals surface area contributed by atoms with Crippen LogP contribution < -0.4 is 0 Å². The molecule has 1 aliphatic rings. The molecule has 4 nitrogen and oxygen atoms in total. The van der Waals surface area contributed by atoms with E-state index in [0.29, 0.717) is 16.6 Å². The maximum absolute atomic E-state index is 12.2. The Morgan fingerprint density at radius 1 is 1.39 bits per heavy atom. The summed E-state index contributed by atoms with van der Waals surface area (Å²) in [5.41, 5.74) is 0.879. The fourth-order valence-electron chi connectivity index (χ4n) is 2.01. The van der Waals surface area contributed by atoms with Gasteiger partial charge in [0.15, 0.2) is 0 Å². The predicted octanol–water partition coefficient (Wildman–Crippen LogP) is 2.74. The molecule has 0 unspecified atom stereocenters. The summed E-state index contributed by atoms with van der Waals surface area (Å²) in [6.45, 7) is 4.17. The molecule has 0 fully saturated rings. The number of fused-ring (bicyclic) bond motifs is 1. The minimum absolute atomic E-state index is 0.00885. The van der Waals surface area contributed by atoms with Gasteiger partial charge in [-0.2, -0.15) is 0 Å². The summed E-state index contributed by atoms with van der Waals surface area (Å²) in [7, 11) is 1.45. The summed E-state index contributed by atoms with van der Waals surface area (Å²) in [5.74, 6) is -0.285. The molecule has 1 aliphatic heterocycles. The molecule has 0 saturated carbocycles. The third-order valence-electron chi connectivity index (χ3n) is 2.85. The maximum atomic E-state index is 12.2. The van der Waals surface area contributed by atoms with E-state index in [0.717, 1.165) is 0 Å². The third kappa shape index (κ3) is 2.29. The second kappa shape index (κ2) is 4.51. The molecular formula is C11H11BrClNO3S. The van der Waals surface area contributed by atoms with E-state index < -0.39 is 9.05 Å². The Morgan fingerprint density at radius 2 is 2.00 bits per heavy atom. The highest BCUT2D eigenvalue weighted by Crippen LogP contribution is 2.34. The summed E-state index contributed by atoms with van der Waals surface area (Å²) in [6, 6.07) is 3.12. The average Bonchev–Trinajstić information content (AvgIpc) is 2.53. The van der Waals surface area contributed by atoms with Crippen LogP contribution in [0.15, 0.2) is 21.5 Å². The molecule has 1 heterocycles. The summed E-state index contributed by atoms with van der Waals surface area (Å²) in [6.07, 6.45) is 0. The Kier molecular flexibility index (Phi) is 3.46. The standard InChI is InChI=1S/C11H11BrClNO3S/c1-6(2)14-5-7-3-8(12)4-9(18(13,16)17)10(7)11(14)15/h3-4,6H,5H2,1-2H3. The van der Waals surface area contributed by atoms with E-state index in [1.165, 1.54) is 6.07 Å². The van der Waals surface area contributed by atoms with Gasteiger partial charge in [-0.15, -0.1) is 0 Å². The van der Waals surface area contributed by atoms with Gasteiger partial charge in [-0.3, -0.25) is 4.79 Å². The van der Waals surface area contributed by atoms with Gasteiger partial charge in [-0.05, 0) is 31.5 Å². The molecule has 0 aromatic heterocycles. The summed E-state index contributed by atoms with van der Waals surface area (Å²) < 4.78 is 23.7. The van der Waals surface area contributed by atoms with E-state index in [1.807, 2.05) is 13.8 Å². The highest BCUT2D eigenvalue weighted by atomic mass is 79.9. The average molecular weight is 353 g/mol. The molecule has 1 amide bonds. The zero-order chi connectivity index (χ0) is 13.7. The van der Waals surface area contributed by atoms with Gasteiger partial charge >= 0.3 is 0 Å². The Hall–Kier alpha value is -0.590. The predicted molar refractivity (Wildman–Crippen MR) is 72.2 cm³/mol. The second-order valence-corrected chi connectivity index (χ2v) is 7.85. The molecule has 0 radical (unpaired) electrons. The topological polar surface area (TPSA) is 54.5 Å². The quantitative estimate of drug-likeness (QED) is 0.769. The fourth-order valence-corrected chi connectivity index (χ4v) is 3.76. The van der Waals surface area contributed by atoms with E-state index >= 15 is 0 Å². The van der Waals surface area contributed by atoms with Crippen molar-refractivity contribution in [3.05, 3.63) is 27.7 Å². The van der Waals surface area contributed by atoms with E-state index in [2.05, 4.69) is 15.9 Å². The molecule has 98 valence electrons. The number of halogens is 2. The van der Waals surface area contributed by atoms with Crippen molar-refractivity contribution in [1.29, 1.82) is 0 Å². The minimum atomic E-state index is -3.94. The van der Waals surface area contributed by atoms with Crippen molar-refractivity contribution in [2.75, 3.05) is 0 Å². The van der Waals surface area contributed by atoms with Gasteiger partial charge in [0.1, 0.15) is 0 Å². The van der Waals surface area contributed by atoms with Gasteiger partial charge in [0.05, 0.1) is 10.5 Å². The number of hydrogen-bond acceptors (Lipinski definition) is 3. The van der Waals surface area contributed by atoms with Crippen LogP contribution in [0.5, 0.6) is 0 Å². The van der Waals surface area contributed by atoms with Crippen molar-refractivity contribution < 1.29 is 13.2 Å². The van der Waals surface area contributed by atoms with E-state index in [4.69, 9.17) is 10.7 Å². The molecular weight excluding hydrogens is 342 g/mol. The zero-order valence-corrected chi connectivity index (χ0v) is 12.9. The van der Waals surface area contributed by atoms with Crippen LogP contribution in [-0.4, -0.2) is 25.3 Å². The number of rotatable bonds is 2. The summed E-state index contributed by atoms with van der Waals surface area (Å²) in [5, 5.41) is 0. The molecule has 0 aliphatic carbocycles. The fraction of sp³-hybridized carbons (Fsp3) is 0.364. The minimum Gasteiger partial charge on any atom is -0.332 e. The lowest BCUT2D eigenvalue weighted by atomic mass is 10.1. The van der Waals surface area contributed by atoms with Crippen LogP contribution >= 0.6 is 26.6 Å². The van der Waals surface area contributed by atoms with Crippen molar-refractivity contribution in [2.24, 2.45) is 0 Å². The van der Waals surface area contributed by atoms with Crippen LogP contribution in [0.2, 0.25) is 0 Å². The molecule has 0 saturated heterocycles. The molecule has 2 rings (SSSR count). The van der Waals surface area contributed by atoms with Crippen molar-refractivity contribution in [3.63, 3.8) is 0 Å². The highest BCUT2D eigenvalue weighted by Gasteiger charge is 2.35. The van der Waals surface area contributed by atoms with Crippen LogP contribution in [0.1, 0.15) is 29.8 Å². The summed E-state index contributed by atoms with van der Waals surface area (Å²) in [4.78, 5) is 13.7. The van der Waals surface area contributed by atoms with E-state index in [-0.39, 0.29) is 22.4 Å². The van der Waals surface area contributed by atoms with Crippen LogP contribution in [0, 0.1) is 0 Å². The van der Waals surface area contributed by atoms with Crippen LogP contribution in [0.25, 0.3) is 0 Å². The second-order valence-electron chi connectivity index (χ2n) is 4.40. The first-order chi connectivity index (χ1) is 8.21. The number of nitrogens with zero attached hydrogens (tertiary/aromatic N) is 1. The first-order valence-corrected chi connectivity index (χ1v) is 8.40. The van der Waals surface area contributed by atoms with E-state index in [1.54, 1.807) is 11.0 Å². The molecule has 0 bridgehead atoms. The molecule has 18 heavy (non-hydrogen) atoms. The highest BCUT2D eigenvalue weighted by molar-refractivity contribution is 9.10. The first-order valence-electron chi connectivity index (χ1n) is 5.30. The van der Waals surface area contributed by atoms with Crippen molar-refractivity contribution in [1.82, 2.24) is 4.90 Å². The van der Waals surface area contributed by atoms with E-state index in [9.17, 15) is 13.2 Å². The number of carbonyl (C=O) groups is 1. The Labute approximate surface area is 118 Å². The van der Waals surface area contributed by atoms with Crippen molar-refractivity contribution in [2.45, 2.75) is 31.3 Å². The van der Waals surface area contributed by atoms with Gasteiger partial charge < -0.3 is 4.90 Å². The Bertz CT molecular complexity index is 627. The van der Waals surface area contributed by atoms with Gasteiger partial charge in [-0.1, -0.05) is 15.9 Å². The largest absolute Gasteiger partial charge is 0.332 e. The van der Waals surface area contributed by atoms with Gasteiger partial charge in [-0.25, -0.2) is 8.42 Å². The van der Waals surface area contributed by atoms with Gasteiger partial charge in [0, 0.05) is 27.7 Å². The molecule has 1 aromatic rings. The first kappa shape index (κ1) is 13.8. The lowest BCUT2D eigenvalue weighted by molar-refractivity contribution is 0.0728. The molecule has 0 atom stereocenters. The molecule has 0 spiro atoms. The Morgan fingerprint density at radius 3 is 2.50 bits per heavy atom. The van der Waals surface area contributed by atoms with Crippen LogP contribution in [0.4, 0.5) is 0 Å². The van der Waals surface area contributed by atoms with Gasteiger partial charge in [0.2, 0.25) is 0 Å². The SMILES string of the molecule is CC(C)N1Cc2cc(Br)cc(S(=O)(=O)Cl)c2C1=O. The van der Waals surface area contributed by atoms with Crippen molar-refractivity contribution in [3.8, 4) is 0 Å². The lowest BCUT2D eigenvalue weighted by Gasteiger charge is -2.19. The Balaban J connectivity index is 2.68. The molecule has 1 aromatic carbocycles.